The van der Waals surface area contributed by atoms with Crippen molar-refractivity contribution >= 4 is 15.9 Å². The van der Waals surface area contributed by atoms with Crippen molar-refractivity contribution < 1.29 is 23.6 Å². The third-order valence-corrected chi connectivity index (χ3v) is 9.14. The monoisotopic (exact) mass is 361 g/mol. The summed E-state index contributed by atoms with van der Waals surface area (Å²) in [4.78, 5) is 23.9. The van der Waals surface area contributed by atoms with Gasteiger partial charge >= 0.3 is 7.60 Å². The van der Waals surface area contributed by atoms with Crippen molar-refractivity contribution in [2.24, 2.45) is 0 Å². The van der Waals surface area contributed by atoms with E-state index < -0.39 is 22.2 Å². The molecule has 0 bridgehead atoms. The molecule has 132 valence electrons. The van der Waals surface area contributed by atoms with Crippen LogP contribution in [0.15, 0.2) is 30.3 Å². The summed E-state index contributed by atoms with van der Waals surface area (Å²) in [5, 5.41) is 1.31. The number of benzene rings is 1. The minimum atomic E-state index is -4.22. The van der Waals surface area contributed by atoms with E-state index in [9.17, 15) is 14.4 Å². The van der Waals surface area contributed by atoms with Gasteiger partial charge in [0.2, 0.25) is 0 Å². The van der Waals surface area contributed by atoms with Gasteiger partial charge in [-0.15, -0.1) is 0 Å². The molecule has 0 atom stereocenters. The van der Waals surface area contributed by atoms with Gasteiger partial charge in [0, 0.05) is 6.54 Å². The summed E-state index contributed by atoms with van der Waals surface area (Å²) in [6.45, 7) is 10.8. The van der Waals surface area contributed by atoms with Crippen molar-refractivity contribution in [1.29, 1.82) is 0 Å². The van der Waals surface area contributed by atoms with Crippen molar-refractivity contribution in [2.75, 3.05) is 13.1 Å². The molecular weight excluding hydrogens is 333 g/mol. The fourth-order valence-electron chi connectivity index (χ4n) is 1.59. The highest BCUT2D eigenvalue weighted by atomic mass is 31.2. The van der Waals surface area contributed by atoms with Crippen LogP contribution in [0.5, 0.6) is 0 Å². The van der Waals surface area contributed by atoms with Crippen LogP contribution in [0, 0.1) is 0 Å². The first-order valence-corrected chi connectivity index (χ1v) is 12.2. The van der Waals surface area contributed by atoms with Gasteiger partial charge in [0.25, 0.3) is 0 Å². The molecule has 2 N–H and O–H groups in total. The van der Waals surface area contributed by atoms with Gasteiger partial charge in [0.15, 0.2) is 15.1 Å². The van der Waals surface area contributed by atoms with E-state index in [1.807, 2.05) is 30.3 Å². The zero-order valence-electron chi connectivity index (χ0n) is 14.5. The standard InChI is InChI=1S/C15H28NO5PSi/c1-15(2,3)23(4,5)21-13-20-16(12-22(17,18)19)11-14-9-7-6-8-10-14/h6-10H,11-13H2,1-5H3,(H2,17,18,19). The highest BCUT2D eigenvalue weighted by Gasteiger charge is 2.37. The SMILES string of the molecule is CC(C)(C)[Si](C)(C)OCON(Cc1ccccc1)CP(=O)(O)O. The maximum Gasteiger partial charge on any atom is 0.341 e. The second kappa shape index (κ2) is 8.03. The van der Waals surface area contributed by atoms with Gasteiger partial charge in [-0.1, -0.05) is 51.1 Å². The fourth-order valence-corrected chi connectivity index (χ4v) is 2.97. The smallest absolute Gasteiger partial charge is 0.341 e. The summed E-state index contributed by atoms with van der Waals surface area (Å²) < 4.78 is 17.2. The van der Waals surface area contributed by atoms with Crippen LogP contribution < -0.4 is 0 Å². The molecule has 23 heavy (non-hydrogen) atoms. The molecule has 0 fully saturated rings. The molecule has 0 saturated heterocycles. The van der Waals surface area contributed by atoms with Crippen LogP contribution >= 0.6 is 7.60 Å². The highest BCUT2D eigenvalue weighted by molar-refractivity contribution is 7.51. The predicted molar refractivity (Wildman–Crippen MR) is 93.1 cm³/mol. The minimum absolute atomic E-state index is 0.0106. The largest absolute Gasteiger partial charge is 0.393 e. The Morgan fingerprint density at radius 3 is 2.22 bits per heavy atom. The Morgan fingerprint density at radius 2 is 1.74 bits per heavy atom. The first-order chi connectivity index (χ1) is 10.4. The van der Waals surface area contributed by atoms with Crippen molar-refractivity contribution in [1.82, 2.24) is 5.06 Å². The van der Waals surface area contributed by atoms with Crippen LogP contribution in [-0.4, -0.2) is 36.2 Å². The molecule has 0 aliphatic heterocycles. The molecule has 0 heterocycles. The molecule has 6 nitrogen and oxygen atoms in total. The van der Waals surface area contributed by atoms with Crippen LogP contribution in [0.2, 0.25) is 18.1 Å². The van der Waals surface area contributed by atoms with Gasteiger partial charge in [0.1, 0.15) is 6.29 Å². The molecule has 0 aliphatic rings. The number of hydrogen-bond donors (Lipinski definition) is 2. The molecule has 0 aromatic heterocycles. The molecular formula is C15H28NO5PSi. The molecule has 1 aromatic carbocycles. The Labute approximate surface area is 139 Å². The molecule has 0 aliphatic carbocycles. The van der Waals surface area contributed by atoms with Crippen molar-refractivity contribution in [2.45, 2.75) is 45.4 Å². The van der Waals surface area contributed by atoms with Gasteiger partial charge in [-0.3, -0.25) is 9.40 Å². The van der Waals surface area contributed by atoms with Crippen LogP contribution in [0.1, 0.15) is 26.3 Å². The summed E-state index contributed by atoms with van der Waals surface area (Å²) in [5.74, 6) is 0. The quantitative estimate of drug-likeness (QED) is 0.319. The average Bonchev–Trinajstić information content (AvgIpc) is 2.36. The third kappa shape index (κ3) is 7.72. The first kappa shape index (κ1) is 20.5. The van der Waals surface area contributed by atoms with Gasteiger partial charge < -0.3 is 14.2 Å². The summed E-state index contributed by atoms with van der Waals surface area (Å²) in [5.41, 5.74) is 0.910. The normalized spacial score (nSPS) is 13.6. The topological polar surface area (TPSA) is 79.2 Å². The van der Waals surface area contributed by atoms with Crippen LogP contribution in [0.4, 0.5) is 0 Å². The Morgan fingerprint density at radius 1 is 1.17 bits per heavy atom. The summed E-state index contributed by atoms with van der Waals surface area (Å²) in [6.07, 6.45) is -0.469. The second-order valence-corrected chi connectivity index (χ2v) is 13.5. The van der Waals surface area contributed by atoms with E-state index in [0.717, 1.165) is 5.56 Å². The lowest BCUT2D eigenvalue weighted by atomic mass is 10.2. The van der Waals surface area contributed by atoms with E-state index in [1.54, 1.807) is 0 Å². The molecule has 1 aromatic rings. The number of rotatable bonds is 8. The van der Waals surface area contributed by atoms with Crippen molar-refractivity contribution in [3.63, 3.8) is 0 Å². The van der Waals surface area contributed by atoms with Crippen LogP contribution in [0.25, 0.3) is 0 Å². The lowest BCUT2D eigenvalue weighted by Crippen LogP contribution is -2.42. The van der Waals surface area contributed by atoms with E-state index in [1.165, 1.54) is 5.06 Å². The van der Waals surface area contributed by atoms with Gasteiger partial charge in [0.05, 0.1) is 0 Å². The van der Waals surface area contributed by atoms with Gasteiger partial charge in [-0.2, -0.15) is 5.06 Å². The molecule has 1 rings (SSSR count). The van der Waals surface area contributed by atoms with E-state index >= 15 is 0 Å². The second-order valence-electron chi connectivity index (χ2n) is 7.08. The molecule has 0 amide bonds. The Hall–Kier alpha value is -0.533. The molecule has 8 heteroatoms. The first-order valence-electron chi connectivity index (χ1n) is 7.51. The summed E-state index contributed by atoms with van der Waals surface area (Å²) >= 11 is 0. The summed E-state index contributed by atoms with van der Waals surface area (Å²) in [6, 6.07) is 9.39. The Kier molecular flexibility index (Phi) is 7.16. The molecule has 0 unspecified atom stereocenters. The van der Waals surface area contributed by atoms with E-state index in [4.69, 9.17) is 9.26 Å². The Bertz CT molecular complexity index is 526. The number of hydrogen-bond acceptors (Lipinski definition) is 4. The zero-order valence-corrected chi connectivity index (χ0v) is 16.4. The highest BCUT2D eigenvalue weighted by Crippen LogP contribution is 2.37. The average molecular weight is 361 g/mol. The van der Waals surface area contributed by atoms with Gasteiger partial charge in [-0.05, 0) is 23.7 Å². The fraction of sp³-hybridized carbons (Fsp3) is 0.600. The number of hydroxylamine groups is 2. The van der Waals surface area contributed by atoms with E-state index in [-0.39, 0.29) is 18.4 Å². The van der Waals surface area contributed by atoms with E-state index in [2.05, 4.69) is 33.9 Å². The van der Waals surface area contributed by atoms with Crippen molar-refractivity contribution in [3.8, 4) is 0 Å². The lowest BCUT2D eigenvalue weighted by molar-refractivity contribution is -0.202. The van der Waals surface area contributed by atoms with Crippen molar-refractivity contribution in [3.05, 3.63) is 35.9 Å². The predicted octanol–water partition coefficient (Wildman–Crippen LogP) is 3.53. The third-order valence-electron chi connectivity index (χ3n) is 4.00. The maximum atomic E-state index is 11.3. The van der Waals surface area contributed by atoms with Gasteiger partial charge in [-0.25, -0.2) is 0 Å². The molecule has 0 spiro atoms. The van der Waals surface area contributed by atoms with Crippen LogP contribution in [0.3, 0.4) is 0 Å². The van der Waals surface area contributed by atoms with E-state index in [0.29, 0.717) is 0 Å². The van der Waals surface area contributed by atoms with Crippen LogP contribution in [-0.2, 0) is 20.4 Å². The minimum Gasteiger partial charge on any atom is -0.393 e. The molecule has 0 saturated carbocycles. The number of nitrogens with zero attached hydrogens (tertiary/aromatic N) is 1. The maximum absolute atomic E-state index is 11.3. The molecule has 0 radical (unpaired) electrons. The summed E-state index contributed by atoms with van der Waals surface area (Å²) in [7, 11) is -6.18. The Balaban J connectivity index is 2.65. The lowest BCUT2D eigenvalue weighted by Gasteiger charge is -2.36. The zero-order chi connectivity index (χ0) is 17.7.